The number of nitrogens with one attached hydrogen (secondary N) is 2. The number of aliphatic imine (C=N–C) groups is 1. The van der Waals surface area contributed by atoms with Crippen molar-refractivity contribution in [3.05, 3.63) is 71.7 Å². The molecule has 0 aliphatic heterocycles. The van der Waals surface area contributed by atoms with Gasteiger partial charge in [-0.2, -0.15) is 0 Å². The number of rotatable bonds is 6. The summed E-state index contributed by atoms with van der Waals surface area (Å²) < 4.78 is 5.38. The Hall–Kier alpha value is -2.55. The highest BCUT2D eigenvalue weighted by atomic mass is 127. The normalized spacial score (nSPS) is 12.3. The maximum Gasteiger partial charge on any atom is 0.284 e. The Morgan fingerprint density at radius 1 is 1.14 bits per heavy atom. The molecule has 148 valence electrons. The zero-order valence-electron chi connectivity index (χ0n) is 15.9. The van der Waals surface area contributed by atoms with Gasteiger partial charge in [-0.3, -0.25) is 4.79 Å². The van der Waals surface area contributed by atoms with Crippen LogP contribution in [0.3, 0.4) is 0 Å². The molecular formula is C21H25IN4O2. The molecule has 3 aromatic rings. The van der Waals surface area contributed by atoms with E-state index in [4.69, 9.17) is 10.2 Å². The smallest absolute Gasteiger partial charge is 0.284 e. The fourth-order valence-electron chi connectivity index (χ4n) is 2.98. The van der Waals surface area contributed by atoms with Crippen molar-refractivity contribution in [3.63, 3.8) is 0 Å². The van der Waals surface area contributed by atoms with Gasteiger partial charge in [0, 0.05) is 6.54 Å². The number of carbonyl (C=O) groups is 1. The number of benzene rings is 2. The molecule has 0 radical (unpaired) electrons. The summed E-state index contributed by atoms with van der Waals surface area (Å²) in [6.45, 7) is 5.16. The molecule has 0 spiro atoms. The number of primary amides is 1. The quantitative estimate of drug-likeness (QED) is 0.276. The van der Waals surface area contributed by atoms with Crippen LogP contribution in [0, 0.1) is 0 Å². The summed E-state index contributed by atoms with van der Waals surface area (Å²) in [6, 6.07) is 17.9. The van der Waals surface area contributed by atoms with E-state index in [1.807, 2.05) is 19.1 Å². The molecular weight excluding hydrogens is 467 g/mol. The monoisotopic (exact) mass is 492 g/mol. The number of halogens is 1. The second-order valence-corrected chi connectivity index (χ2v) is 6.26. The highest BCUT2D eigenvalue weighted by Crippen LogP contribution is 2.24. The van der Waals surface area contributed by atoms with Crippen molar-refractivity contribution in [2.75, 3.05) is 6.54 Å². The van der Waals surface area contributed by atoms with Gasteiger partial charge in [0.2, 0.25) is 0 Å². The van der Waals surface area contributed by atoms with E-state index in [2.05, 4.69) is 52.9 Å². The van der Waals surface area contributed by atoms with Crippen LogP contribution in [0.4, 0.5) is 0 Å². The predicted octanol–water partition coefficient (Wildman–Crippen LogP) is 3.97. The predicted molar refractivity (Wildman–Crippen MR) is 123 cm³/mol. The van der Waals surface area contributed by atoms with Gasteiger partial charge < -0.3 is 20.8 Å². The van der Waals surface area contributed by atoms with Crippen LogP contribution in [0.1, 0.15) is 41.8 Å². The Kier molecular flexibility index (Phi) is 7.86. The van der Waals surface area contributed by atoms with Crippen LogP contribution in [0.25, 0.3) is 10.8 Å². The SMILES string of the molecule is CCNC(=NCc1ccc(C(N)=O)o1)NC(C)c1cccc2ccccc12.I. The van der Waals surface area contributed by atoms with Crippen LogP contribution in [0.5, 0.6) is 0 Å². The highest BCUT2D eigenvalue weighted by Gasteiger charge is 2.12. The molecule has 7 heteroatoms. The summed E-state index contributed by atoms with van der Waals surface area (Å²) in [5, 5.41) is 9.09. The lowest BCUT2D eigenvalue weighted by Gasteiger charge is -2.19. The first-order chi connectivity index (χ1) is 13.1. The molecule has 1 atom stereocenters. The van der Waals surface area contributed by atoms with Gasteiger partial charge in [0.15, 0.2) is 11.7 Å². The Morgan fingerprint density at radius 3 is 2.61 bits per heavy atom. The topological polar surface area (TPSA) is 92.6 Å². The van der Waals surface area contributed by atoms with Crippen LogP contribution in [-0.2, 0) is 6.54 Å². The van der Waals surface area contributed by atoms with Gasteiger partial charge in [0.05, 0.1) is 6.04 Å². The Bertz CT molecular complexity index is 962. The van der Waals surface area contributed by atoms with Crippen molar-refractivity contribution in [2.45, 2.75) is 26.4 Å². The lowest BCUT2D eigenvalue weighted by atomic mass is 10.00. The Labute approximate surface area is 181 Å². The molecule has 1 amide bonds. The van der Waals surface area contributed by atoms with Crippen molar-refractivity contribution in [2.24, 2.45) is 10.7 Å². The molecule has 1 unspecified atom stereocenters. The summed E-state index contributed by atoms with van der Waals surface area (Å²) in [6.07, 6.45) is 0. The molecule has 0 saturated heterocycles. The van der Waals surface area contributed by atoms with Gasteiger partial charge >= 0.3 is 0 Å². The van der Waals surface area contributed by atoms with Crippen LogP contribution < -0.4 is 16.4 Å². The minimum absolute atomic E-state index is 0. The average Bonchev–Trinajstić information content (AvgIpc) is 3.15. The van der Waals surface area contributed by atoms with Crippen LogP contribution in [0.2, 0.25) is 0 Å². The summed E-state index contributed by atoms with van der Waals surface area (Å²) in [4.78, 5) is 15.7. The van der Waals surface area contributed by atoms with E-state index in [1.54, 1.807) is 12.1 Å². The zero-order valence-corrected chi connectivity index (χ0v) is 18.3. The van der Waals surface area contributed by atoms with Crippen LogP contribution in [-0.4, -0.2) is 18.4 Å². The number of carbonyl (C=O) groups excluding carboxylic acids is 1. The zero-order chi connectivity index (χ0) is 19.2. The first-order valence-corrected chi connectivity index (χ1v) is 8.99. The maximum atomic E-state index is 11.1. The lowest BCUT2D eigenvalue weighted by molar-refractivity contribution is 0.0972. The van der Waals surface area contributed by atoms with Crippen molar-refractivity contribution in [1.82, 2.24) is 10.6 Å². The van der Waals surface area contributed by atoms with Crippen molar-refractivity contribution >= 4 is 46.6 Å². The van der Waals surface area contributed by atoms with E-state index in [-0.39, 0.29) is 35.8 Å². The summed E-state index contributed by atoms with van der Waals surface area (Å²) in [5.74, 6) is 0.816. The van der Waals surface area contributed by atoms with E-state index in [9.17, 15) is 4.79 Å². The number of nitrogens with zero attached hydrogens (tertiary/aromatic N) is 1. The van der Waals surface area contributed by atoms with Gasteiger partial charge in [-0.25, -0.2) is 4.99 Å². The molecule has 0 aliphatic rings. The first kappa shape index (κ1) is 21.7. The third-order valence-electron chi connectivity index (χ3n) is 4.28. The van der Waals surface area contributed by atoms with Crippen molar-refractivity contribution in [3.8, 4) is 0 Å². The number of furan rings is 1. The van der Waals surface area contributed by atoms with Crippen molar-refractivity contribution in [1.29, 1.82) is 0 Å². The number of fused-ring (bicyclic) bond motifs is 1. The van der Waals surface area contributed by atoms with E-state index in [0.29, 0.717) is 18.3 Å². The van der Waals surface area contributed by atoms with E-state index in [0.717, 1.165) is 6.54 Å². The summed E-state index contributed by atoms with van der Waals surface area (Å²) in [5.41, 5.74) is 6.41. The molecule has 2 aromatic carbocycles. The average molecular weight is 492 g/mol. The van der Waals surface area contributed by atoms with E-state index < -0.39 is 5.91 Å². The van der Waals surface area contributed by atoms with Crippen molar-refractivity contribution < 1.29 is 9.21 Å². The largest absolute Gasteiger partial charge is 0.454 e. The number of guanidine groups is 1. The van der Waals surface area contributed by atoms with Gasteiger partial charge in [0.1, 0.15) is 12.3 Å². The Morgan fingerprint density at radius 2 is 1.89 bits per heavy atom. The molecule has 0 fully saturated rings. The highest BCUT2D eigenvalue weighted by molar-refractivity contribution is 14.0. The molecule has 1 aromatic heterocycles. The minimum atomic E-state index is -0.583. The van der Waals surface area contributed by atoms with Crippen LogP contribution in [0.15, 0.2) is 64.0 Å². The summed E-state index contributed by atoms with van der Waals surface area (Å²) >= 11 is 0. The minimum Gasteiger partial charge on any atom is -0.454 e. The number of hydrogen-bond donors (Lipinski definition) is 3. The fourth-order valence-corrected chi connectivity index (χ4v) is 2.98. The standard InChI is InChI=1S/C21H24N4O2.HI/c1-3-23-21(24-13-16-11-12-19(27-16)20(22)26)25-14(2)17-10-6-8-15-7-4-5-9-18(15)17;/h4-12,14H,3,13H2,1-2H3,(H2,22,26)(H2,23,24,25);1H. The molecule has 4 N–H and O–H groups in total. The number of amides is 1. The lowest BCUT2D eigenvalue weighted by Crippen LogP contribution is -2.38. The third-order valence-corrected chi connectivity index (χ3v) is 4.28. The molecule has 3 rings (SSSR count). The van der Waals surface area contributed by atoms with Crippen LogP contribution >= 0.6 is 24.0 Å². The molecule has 0 saturated carbocycles. The molecule has 28 heavy (non-hydrogen) atoms. The second-order valence-electron chi connectivity index (χ2n) is 6.26. The van der Waals surface area contributed by atoms with Gasteiger partial charge in [-0.15, -0.1) is 24.0 Å². The molecule has 1 heterocycles. The first-order valence-electron chi connectivity index (χ1n) is 8.99. The van der Waals surface area contributed by atoms with E-state index >= 15 is 0 Å². The van der Waals surface area contributed by atoms with E-state index in [1.165, 1.54) is 16.3 Å². The van der Waals surface area contributed by atoms with Gasteiger partial charge in [-0.1, -0.05) is 42.5 Å². The Balaban J connectivity index is 0.00000280. The summed E-state index contributed by atoms with van der Waals surface area (Å²) in [7, 11) is 0. The molecule has 0 aliphatic carbocycles. The molecule has 6 nitrogen and oxygen atoms in total. The number of nitrogens with two attached hydrogens (primary N) is 1. The van der Waals surface area contributed by atoms with Gasteiger partial charge in [0.25, 0.3) is 5.91 Å². The van der Waals surface area contributed by atoms with Gasteiger partial charge in [-0.05, 0) is 42.3 Å². The molecule has 0 bridgehead atoms. The third kappa shape index (κ3) is 5.25. The fraction of sp³-hybridized carbons (Fsp3) is 0.238. The maximum absolute atomic E-state index is 11.1. The second kappa shape index (κ2) is 10.1. The number of hydrogen-bond acceptors (Lipinski definition) is 3.